The van der Waals surface area contributed by atoms with Gasteiger partial charge in [0.05, 0.1) is 0 Å². The molecule has 2 rings (SSSR count). The zero-order chi connectivity index (χ0) is 10.6. The van der Waals surface area contributed by atoms with Crippen LogP contribution in [0.2, 0.25) is 0 Å². The van der Waals surface area contributed by atoms with Gasteiger partial charge in [0.2, 0.25) is 0 Å². The summed E-state index contributed by atoms with van der Waals surface area (Å²) in [6.45, 7) is 9.44. The molecule has 0 aromatic rings. The summed E-state index contributed by atoms with van der Waals surface area (Å²) >= 11 is 0. The van der Waals surface area contributed by atoms with E-state index in [-0.39, 0.29) is 31.9 Å². The van der Waals surface area contributed by atoms with E-state index in [4.69, 9.17) is 0 Å². The standard InChI is InChI=1S/2C7H14.2CH3.Fe/c2*1-6-4-3-5-7(6)2;;;/h2*6-7H,3-5H2,1-2H3;2*1H3;/q;;2*-1;+2. The predicted octanol–water partition coefficient (Wildman–Crippen LogP) is 5.78. The van der Waals surface area contributed by atoms with E-state index >= 15 is 0 Å². The van der Waals surface area contributed by atoms with Crippen molar-refractivity contribution in [3.05, 3.63) is 14.9 Å². The van der Waals surface area contributed by atoms with E-state index in [0.29, 0.717) is 0 Å². The van der Waals surface area contributed by atoms with Crippen LogP contribution in [0.5, 0.6) is 0 Å². The molecule has 2 aliphatic rings. The smallest absolute Gasteiger partial charge is 0.358 e. The summed E-state index contributed by atoms with van der Waals surface area (Å²) in [6.07, 6.45) is 8.84. The third kappa shape index (κ3) is 8.27. The van der Waals surface area contributed by atoms with E-state index < -0.39 is 0 Å². The van der Waals surface area contributed by atoms with Gasteiger partial charge < -0.3 is 14.9 Å². The average Bonchev–Trinajstić information content (AvgIpc) is 2.67. The topological polar surface area (TPSA) is 0 Å². The fourth-order valence-corrected chi connectivity index (χ4v) is 2.66. The first-order valence-electron chi connectivity index (χ1n) is 6.61. The Morgan fingerprint density at radius 2 is 0.706 bits per heavy atom. The SMILES string of the molecule is CC1CCCC1C.CC1CCCC1C.[CH3-].[CH3-].[Fe+2]. The van der Waals surface area contributed by atoms with Crippen LogP contribution in [-0.2, 0) is 17.1 Å². The number of hydrogen-bond acceptors (Lipinski definition) is 0. The number of rotatable bonds is 0. The second-order valence-corrected chi connectivity index (χ2v) is 5.77. The molecule has 4 atom stereocenters. The molecule has 2 fully saturated rings. The largest absolute Gasteiger partial charge is 2.00 e. The van der Waals surface area contributed by atoms with Crippen molar-refractivity contribution in [1.29, 1.82) is 0 Å². The molecule has 0 radical (unpaired) electrons. The Morgan fingerprint density at radius 3 is 0.765 bits per heavy atom. The minimum Gasteiger partial charge on any atom is -0.358 e. The molecular formula is C16H34Fe. The minimum absolute atomic E-state index is 0. The Balaban J connectivity index is -0.000000196. The monoisotopic (exact) mass is 282 g/mol. The first-order valence-corrected chi connectivity index (χ1v) is 6.61. The summed E-state index contributed by atoms with van der Waals surface area (Å²) in [5, 5.41) is 0. The van der Waals surface area contributed by atoms with Crippen molar-refractivity contribution < 1.29 is 17.1 Å². The maximum Gasteiger partial charge on any atom is 2.00 e. The van der Waals surface area contributed by atoms with Crippen LogP contribution < -0.4 is 0 Å². The van der Waals surface area contributed by atoms with Crippen LogP contribution in [0, 0.1) is 38.5 Å². The first-order chi connectivity index (χ1) is 6.61. The Kier molecular flexibility index (Phi) is 15.5. The molecule has 17 heavy (non-hydrogen) atoms. The molecule has 2 aliphatic carbocycles. The van der Waals surface area contributed by atoms with Crippen molar-refractivity contribution in [2.45, 2.75) is 66.2 Å². The predicted molar refractivity (Wildman–Crippen MR) is 77.2 cm³/mol. The summed E-state index contributed by atoms with van der Waals surface area (Å²) in [7, 11) is 0. The van der Waals surface area contributed by atoms with Crippen LogP contribution >= 0.6 is 0 Å². The van der Waals surface area contributed by atoms with Gasteiger partial charge in [-0.25, -0.2) is 0 Å². The Morgan fingerprint density at radius 1 is 0.529 bits per heavy atom. The van der Waals surface area contributed by atoms with Crippen LogP contribution in [0.15, 0.2) is 0 Å². The van der Waals surface area contributed by atoms with Gasteiger partial charge in [0.25, 0.3) is 0 Å². The summed E-state index contributed by atoms with van der Waals surface area (Å²) in [5.74, 6) is 4.06. The van der Waals surface area contributed by atoms with Crippen LogP contribution in [0.25, 0.3) is 0 Å². The van der Waals surface area contributed by atoms with Gasteiger partial charge in [0.1, 0.15) is 0 Å². The number of hydrogen-bond donors (Lipinski definition) is 0. The van der Waals surface area contributed by atoms with Gasteiger partial charge in [0.15, 0.2) is 0 Å². The zero-order valence-corrected chi connectivity index (χ0v) is 14.0. The third-order valence-electron chi connectivity index (χ3n) is 4.58. The zero-order valence-electron chi connectivity index (χ0n) is 12.9. The summed E-state index contributed by atoms with van der Waals surface area (Å²) < 4.78 is 0. The first kappa shape index (κ1) is 22.7. The maximum atomic E-state index is 2.36. The van der Waals surface area contributed by atoms with E-state index in [1.165, 1.54) is 38.5 Å². The Hall–Kier alpha value is 0.519. The van der Waals surface area contributed by atoms with Crippen molar-refractivity contribution in [2.24, 2.45) is 23.7 Å². The van der Waals surface area contributed by atoms with E-state index in [2.05, 4.69) is 27.7 Å². The van der Waals surface area contributed by atoms with Crippen LogP contribution in [0.1, 0.15) is 66.2 Å². The van der Waals surface area contributed by atoms with Crippen molar-refractivity contribution in [2.75, 3.05) is 0 Å². The van der Waals surface area contributed by atoms with Crippen LogP contribution in [0.3, 0.4) is 0 Å². The van der Waals surface area contributed by atoms with E-state index in [0.717, 1.165) is 23.7 Å². The molecule has 0 nitrogen and oxygen atoms in total. The van der Waals surface area contributed by atoms with Gasteiger partial charge in [0, 0.05) is 0 Å². The fourth-order valence-electron chi connectivity index (χ4n) is 2.66. The van der Waals surface area contributed by atoms with Gasteiger partial charge in [-0.2, -0.15) is 0 Å². The maximum absolute atomic E-state index is 2.36. The molecule has 0 spiro atoms. The van der Waals surface area contributed by atoms with Crippen molar-refractivity contribution in [1.82, 2.24) is 0 Å². The van der Waals surface area contributed by atoms with Gasteiger partial charge >= 0.3 is 17.1 Å². The molecule has 0 aliphatic heterocycles. The Labute approximate surface area is 122 Å². The molecule has 1 heteroatoms. The van der Waals surface area contributed by atoms with E-state index in [1.54, 1.807) is 0 Å². The van der Waals surface area contributed by atoms with Gasteiger partial charge in [-0.1, -0.05) is 66.2 Å². The molecular weight excluding hydrogens is 248 g/mol. The molecule has 0 aromatic heterocycles. The fraction of sp³-hybridized carbons (Fsp3) is 0.875. The van der Waals surface area contributed by atoms with Crippen LogP contribution in [0.4, 0.5) is 0 Å². The van der Waals surface area contributed by atoms with Crippen molar-refractivity contribution in [3.8, 4) is 0 Å². The van der Waals surface area contributed by atoms with Crippen molar-refractivity contribution in [3.63, 3.8) is 0 Å². The van der Waals surface area contributed by atoms with E-state index in [9.17, 15) is 0 Å². The molecule has 0 N–H and O–H groups in total. The van der Waals surface area contributed by atoms with Crippen LogP contribution in [-0.4, -0.2) is 0 Å². The summed E-state index contributed by atoms with van der Waals surface area (Å²) in [5.41, 5.74) is 0. The molecule has 0 amide bonds. The minimum atomic E-state index is 0. The average molecular weight is 282 g/mol. The third-order valence-corrected chi connectivity index (χ3v) is 4.58. The second kappa shape index (κ2) is 11.6. The molecule has 0 heterocycles. The molecule has 2 saturated carbocycles. The summed E-state index contributed by atoms with van der Waals surface area (Å²) in [6, 6.07) is 0. The molecule has 0 aromatic carbocycles. The summed E-state index contributed by atoms with van der Waals surface area (Å²) in [4.78, 5) is 0. The Bertz CT molecular complexity index is 122. The molecule has 0 saturated heterocycles. The van der Waals surface area contributed by atoms with E-state index in [1.807, 2.05) is 0 Å². The van der Waals surface area contributed by atoms with Gasteiger partial charge in [-0.05, 0) is 23.7 Å². The molecule has 0 bridgehead atoms. The quantitative estimate of drug-likeness (QED) is 0.390. The molecule has 4 unspecified atom stereocenters. The van der Waals surface area contributed by atoms with Crippen molar-refractivity contribution >= 4 is 0 Å². The van der Waals surface area contributed by atoms with Gasteiger partial charge in [-0.3, -0.25) is 0 Å². The van der Waals surface area contributed by atoms with Gasteiger partial charge in [-0.15, -0.1) is 0 Å². The second-order valence-electron chi connectivity index (χ2n) is 5.77. The molecule has 106 valence electrons. The normalized spacial score (nSPS) is 34.6.